The molecule has 25 heavy (non-hydrogen) atoms. The lowest BCUT2D eigenvalue weighted by atomic mass is 10.0. The number of piperazine rings is 1. The Labute approximate surface area is 150 Å². The number of quaternary nitrogens is 1. The number of para-hydroxylation sites is 1. The lowest BCUT2D eigenvalue weighted by Crippen LogP contribution is -3.16. The maximum atomic E-state index is 12.1. The molecular formula is C20H31N2O3+. The van der Waals surface area contributed by atoms with Crippen LogP contribution in [0.4, 0.5) is 0 Å². The van der Waals surface area contributed by atoms with Crippen LogP contribution in [-0.2, 0) is 4.79 Å². The van der Waals surface area contributed by atoms with Gasteiger partial charge in [-0.25, -0.2) is 0 Å². The molecule has 1 amide bonds. The standard InChI is InChI=1S/C20H30N2O3/c1-15(2)18-5-3-4-6-19(18)25-14-17(23)13-21-9-11-22(12-10-21)20(24)16-7-8-16/h3-6,15-17,23H,7-14H2,1-2H3/p+1/t17-/m0/s1. The Bertz CT molecular complexity index is 578. The van der Waals surface area contributed by atoms with Crippen molar-refractivity contribution in [3.8, 4) is 5.75 Å². The molecule has 1 heterocycles. The predicted octanol–water partition coefficient (Wildman–Crippen LogP) is 0.687. The van der Waals surface area contributed by atoms with Gasteiger partial charge in [0.2, 0.25) is 5.91 Å². The third kappa shape index (κ3) is 4.95. The minimum absolute atomic E-state index is 0.307. The van der Waals surface area contributed by atoms with Crippen LogP contribution in [0.5, 0.6) is 5.75 Å². The van der Waals surface area contributed by atoms with Gasteiger partial charge in [0.05, 0.1) is 26.2 Å². The van der Waals surface area contributed by atoms with E-state index < -0.39 is 6.10 Å². The van der Waals surface area contributed by atoms with Crippen LogP contribution in [0.2, 0.25) is 0 Å². The van der Waals surface area contributed by atoms with E-state index in [-0.39, 0.29) is 0 Å². The topological polar surface area (TPSA) is 54.2 Å². The second kappa shape index (κ2) is 8.19. The summed E-state index contributed by atoms with van der Waals surface area (Å²) in [5.41, 5.74) is 1.18. The van der Waals surface area contributed by atoms with Crippen molar-refractivity contribution in [3.05, 3.63) is 29.8 Å². The lowest BCUT2D eigenvalue weighted by Gasteiger charge is -2.33. The van der Waals surface area contributed by atoms with Crippen molar-refractivity contribution in [1.29, 1.82) is 0 Å². The predicted molar refractivity (Wildman–Crippen MR) is 96.9 cm³/mol. The van der Waals surface area contributed by atoms with Gasteiger partial charge in [0.1, 0.15) is 25.0 Å². The quantitative estimate of drug-likeness (QED) is 0.763. The number of hydrogen-bond donors (Lipinski definition) is 2. The normalized spacial score (nSPS) is 19.9. The van der Waals surface area contributed by atoms with E-state index in [1.807, 2.05) is 23.1 Å². The molecule has 5 nitrogen and oxygen atoms in total. The molecular weight excluding hydrogens is 316 g/mol. The molecule has 1 saturated carbocycles. The average Bonchev–Trinajstić information content (AvgIpc) is 3.45. The third-order valence-corrected chi connectivity index (χ3v) is 5.21. The molecule has 2 N–H and O–H groups in total. The Hall–Kier alpha value is -1.59. The zero-order valence-corrected chi connectivity index (χ0v) is 15.4. The molecule has 1 aromatic rings. The maximum Gasteiger partial charge on any atom is 0.226 e. The van der Waals surface area contributed by atoms with Gasteiger partial charge in [0.25, 0.3) is 0 Å². The van der Waals surface area contributed by atoms with Crippen molar-refractivity contribution < 1.29 is 19.5 Å². The fourth-order valence-corrected chi connectivity index (χ4v) is 3.50. The molecule has 1 aromatic carbocycles. The Balaban J connectivity index is 1.41. The molecule has 2 fully saturated rings. The van der Waals surface area contributed by atoms with Gasteiger partial charge < -0.3 is 19.6 Å². The first-order chi connectivity index (χ1) is 12.0. The number of rotatable bonds is 7. The van der Waals surface area contributed by atoms with Gasteiger partial charge in [-0.1, -0.05) is 32.0 Å². The molecule has 3 rings (SSSR count). The fourth-order valence-electron chi connectivity index (χ4n) is 3.50. The summed E-state index contributed by atoms with van der Waals surface area (Å²) in [6.07, 6.45) is 1.65. The fraction of sp³-hybridized carbons (Fsp3) is 0.650. The van der Waals surface area contributed by atoms with Gasteiger partial charge in [-0.2, -0.15) is 0 Å². The van der Waals surface area contributed by atoms with E-state index in [2.05, 4.69) is 19.9 Å². The van der Waals surface area contributed by atoms with Crippen LogP contribution in [0.25, 0.3) is 0 Å². The van der Waals surface area contributed by atoms with Gasteiger partial charge in [-0.3, -0.25) is 4.79 Å². The zero-order valence-electron chi connectivity index (χ0n) is 15.4. The van der Waals surface area contributed by atoms with Crippen LogP contribution < -0.4 is 9.64 Å². The van der Waals surface area contributed by atoms with Crippen LogP contribution in [0.15, 0.2) is 24.3 Å². The summed E-state index contributed by atoms with van der Waals surface area (Å²) in [7, 11) is 0. The highest BCUT2D eigenvalue weighted by Crippen LogP contribution is 2.30. The summed E-state index contributed by atoms with van der Waals surface area (Å²) in [6, 6.07) is 8.03. The highest BCUT2D eigenvalue weighted by atomic mass is 16.5. The van der Waals surface area contributed by atoms with Gasteiger partial charge in [-0.15, -0.1) is 0 Å². The maximum absolute atomic E-state index is 12.1. The van der Waals surface area contributed by atoms with Crippen molar-refractivity contribution >= 4 is 5.91 Å². The first kappa shape index (κ1) is 18.2. The summed E-state index contributed by atoms with van der Waals surface area (Å²) in [4.78, 5) is 15.4. The minimum atomic E-state index is -0.485. The van der Waals surface area contributed by atoms with Crippen LogP contribution in [0.3, 0.4) is 0 Å². The SMILES string of the molecule is CC(C)c1ccccc1OC[C@@H](O)C[NH+]1CCN(C(=O)C2CC2)CC1. The van der Waals surface area contributed by atoms with Gasteiger partial charge >= 0.3 is 0 Å². The molecule has 0 unspecified atom stereocenters. The smallest absolute Gasteiger partial charge is 0.226 e. The number of carbonyl (C=O) groups excluding carboxylic acids is 1. The number of nitrogens with zero attached hydrogens (tertiary/aromatic N) is 1. The number of nitrogens with one attached hydrogen (secondary N) is 1. The lowest BCUT2D eigenvalue weighted by molar-refractivity contribution is -0.907. The Morgan fingerprint density at radius 2 is 1.96 bits per heavy atom. The van der Waals surface area contributed by atoms with Crippen LogP contribution in [0.1, 0.15) is 38.2 Å². The third-order valence-electron chi connectivity index (χ3n) is 5.21. The van der Waals surface area contributed by atoms with E-state index in [1.54, 1.807) is 0 Å². The van der Waals surface area contributed by atoms with Crippen LogP contribution in [-0.4, -0.2) is 61.3 Å². The average molecular weight is 347 g/mol. The molecule has 1 aliphatic carbocycles. The van der Waals surface area contributed by atoms with Crippen molar-refractivity contribution in [2.24, 2.45) is 5.92 Å². The summed E-state index contributed by atoms with van der Waals surface area (Å²) in [6.45, 7) is 8.74. The second-order valence-corrected chi connectivity index (χ2v) is 7.71. The van der Waals surface area contributed by atoms with Crippen LogP contribution >= 0.6 is 0 Å². The van der Waals surface area contributed by atoms with Crippen molar-refractivity contribution in [1.82, 2.24) is 4.90 Å². The summed E-state index contributed by atoms with van der Waals surface area (Å²) < 4.78 is 5.87. The zero-order chi connectivity index (χ0) is 17.8. The Morgan fingerprint density at radius 3 is 2.60 bits per heavy atom. The second-order valence-electron chi connectivity index (χ2n) is 7.71. The molecule has 0 radical (unpaired) electrons. The van der Waals surface area contributed by atoms with Crippen LogP contribution in [0, 0.1) is 5.92 Å². The van der Waals surface area contributed by atoms with E-state index in [0.717, 1.165) is 44.8 Å². The number of carbonyl (C=O) groups is 1. The molecule has 0 bridgehead atoms. The van der Waals surface area contributed by atoms with Gasteiger partial charge in [0.15, 0.2) is 0 Å². The van der Waals surface area contributed by atoms with Crippen molar-refractivity contribution in [2.75, 3.05) is 39.3 Å². The van der Waals surface area contributed by atoms with Crippen molar-refractivity contribution in [2.45, 2.75) is 38.7 Å². The number of ether oxygens (including phenoxy) is 1. The summed E-state index contributed by atoms with van der Waals surface area (Å²) in [5.74, 6) is 1.91. The number of benzene rings is 1. The Kier molecular flexibility index (Phi) is 5.97. The highest BCUT2D eigenvalue weighted by molar-refractivity contribution is 5.81. The first-order valence-electron chi connectivity index (χ1n) is 9.56. The van der Waals surface area contributed by atoms with E-state index in [4.69, 9.17) is 4.74 Å². The van der Waals surface area contributed by atoms with E-state index >= 15 is 0 Å². The number of hydrogen-bond acceptors (Lipinski definition) is 3. The van der Waals surface area contributed by atoms with Crippen molar-refractivity contribution in [3.63, 3.8) is 0 Å². The van der Waals surface area contributed by atoms with Gasteiger partial charge in [0, 0.05) is 5.92 Å². The molecule has 0 spiro atoms. The van der Waals surface area contributed by atoms with E-state index in [9.17, 15) is 9.90 Å². The molecule has 2 aliphatic rings. The highest BCUT2D eigenvalue weighted by Gasteiger charge is 2.35. The number of aliphatic hydroxyl groups excluding tert-OH is 1. The van der Waals surface area contributed by atoms with Gasteiger partial charge in [-0.05, 0) is 30.4 Å². The molecule has 0 aromatic heterocycles. The largest absolute Gasteiger partial charge is 0.490 e. The van der Waals surface area contributed by atoms with E-state index in [1.165, 1.54) is 10.5 Å². The summed E-state index contributed by atoms with van der Waals surface area (Å²) >= 11 is 0. The molecule has 1 saturated heterocycles. The van der Waals surface area contributed by atoms with E-state index in [0.29, 0.717) is 30.9 Å². The minimum Gasteiger partial charge on any atom is -0.490 e. The summed E-state index contributed by atoms with van der Waals surface area (Å²) in [5, 5.41) is 10.3. The monoisotopic (exact) mass is 347 g/mol. The first-order valence-corrected chi connectivity index (χ1v) is 9.56. The number of amides is 1. The molecule has 1 aliphatic heterocycles. The number of aliphatic hydroxyl groups is 1. The molecule has 1 atom stereocenters. The Morgan fingerprint density at radius 1 is 1.28 bits per heavy atom. The molecule has 138 valence electrons. The molecule has 5 heteroatoms.